The minimum atomic E-state index is -0.539. The smallest absolute Gasteiger partial charge is 0.270 e. The van der Waals surface area contributed by atoms with E-state index in [1.54, 1.807) is 6.07 Å². The fraction of sp³-hybridized carbons (Fsp3) is 0.0476. The number of nitro groups is 1. The summed E-state index contributed by atoms with van der Waals surface area (Å²) in [5, 5.41) is 13.8. The van der Waals surface area contributed by atoms with Crippen LogP contribution in [0.15, 0.2) is 69.6 Å². The van der Waals surface area contributed by atoms with Gasteiger partial charge in [0, 0.05) is 27.9 Å². The van der Waals surface area contributed by atoms with Gasteiger partial charge in [-0.15, -0.1) is 0 Å². The zero-order valence-corrected chi connectivity index (χ0v) is 16.8. The predicted molar refractivity (Wildman–Crippen MR) is 113 cm³/mol. The highest BCUT2D eigenvalue weighted by molar-refractivity contribution is 9.10. The number of amides is 1. The Morgan fingerprint density at radius 2 is 1.93 bits per heavy atom. The third-order valence-electron chi connectivity index (χ3n) is 4.43. The van der Waals surface area contributed by atoms with Gasteiger partial charge in [-0.2, -0.15) is 0 Å². The van der Waals surface area contributed by atoms with Crippen LogP contribution in [0, 0.1) is 17.0 Å². The van der Waals surface area contributed by atoms with Crippen LogP contribution in [0.4, 0.5) is 11.4 Å². The topological polar surface area (TPSA) is 98.3 Å². The molecule has 4 aromatic rings. The van der Waals surface area contributed by atoms with Crippen molar-refractivity contribution in [3.63, 3.8) is 0 Å². The van der Waals surface area contributed by atoms with E-state index in [0.29, 0.717) is 27.2 Å². The lowest BCUT2D eigenvalue weighted by atomic mass is 10.1. The van der Waals surface area contributed by atoms with Crippen molar-refractivity contribution in [3.05, 3.63) is 86.4 Å². The maximum atomic E-state index is 12.7. The van der Waals surface area contributed by atoms with Gasteiger partial charge in [0.2, 0.25) is 5.89 Å². The van der Waals surface area contributed by atoms with Gasteiger partial charge in [0.05, 0.1) is 10.5 Å². The van der Waals surface area contributed by atoms with Crippen LogP contribution in [-0.2, 0) is 0 Å². The van der Waals surface area contributed by atoms with E-state index in [2.05, 4.69) is 26.2 Å². The molecule has 0 aliphatic carbocycles. The number of non-ortho nitro benzene ring substituents is 1. The molecule has 1 N–H and O–H groups in total. The van der Waals surface area contributed by atoms with Gasteiger partial charge >= 0.3 is 0 Å². The number of para-hydroxylation sites is 2. The number of nitrogens with one attached hydrogen (secondary N) is 1. The maximum absolute atomic E-state index is 12.7. The van der Waals surface area contributed by atoms with Crippen LogP contribution >= 0.6 is 15.9 Å². The molecule has 0 aliphatic heterocycles. The molecule has 144 valence electrons. The van der Waals surface area contributed by atoms with Crippen LogP contribution in [0.5, 0.6) is 0 Å². The van der Waals surface area contributed by atoms with Gasteiger partial charge in [0.25, 0.3) is 11.6 Å². The molecule has 7 nitrogen and oxygen atoms in total. The fourth-order valence-corrected chi connectivity index (χ4v) is 3.30. The Bertz CT molecular complexity index is 1230. The van der Waals surface area contributed by atoms with Crippen molar-refractivity contribution < 1.29 is 14.1 Å². The van der Waals surface area contributed by atoms with Crippen molar-refractivity contribution in [1.29, 1.82) is 0 Å². The van der Waals surface area contributed by atoms with Crippen molar-refractivity contribution >= 4 is 44.3 Å². The first kappa shape index (κ1) is 18.8. The summed E-state index contributed by atoms with van der Waals surface area (Å²) < 4.78 is 6.26. The van der Waals surface area contributed by atoms with E-state index >= 15 is 0 Å². The largest absolute Gasteiger partial charge is 0.436 e. The Morgan fingerprint density at radius 1 is 1.14 bits per heavy atom. The summed E-state index contributed by atoms with van der Waals surface area (Å²) >= 11 is 3.27. The lowest BCUT2D eigenvalue weighted by molar-refractivity contribution is -0.384. The summed E-state index contributed by atoms with van der Waals surface area (Å²) in [5.41, 5.74) is 3.54. The average molecular weight is 452 g/mol. The van der Waals surface area contributed by atoms with E-state index in [9.17, 15) is 14.9 Å². The van der Waals surface area contributed by atoms with E-state index < -0.39 is 10.8 Å². The molecule has 0 saturated heterocycles. The standard InChI is InChI=1S/C21H14BrN3O4/c1-12-6-7-13(21-24-17-4-2-3-5-19(17)29-21)10-18(12)23-20(26)15-11-14(25(27)28)8-9-16(15)22/h2-11H,1H3,(H,23,26). The number of carbonyl (C=O) groups is 1. The Hall–Kier alpha value is -3.52. The summed E-state index contributed by atoms with van der Waals surface area (Å²) in [6, 6.07) is 17.0. The first-order valence-corrected chi connectivity index (χ1v) is 9.43. The molecule has 0 spiro atoms. The van der Waals surface area contributed by atoms with Crippen LogP contribution < -0.4 is 5.32 Å². The number of rotatable bonds is 4. The molecule has 0 atom stereocenters. The minimum Gasteiger partial charge on any atom is -0.436 e. The molecule has 0 fully saturated rings. The van der Waals surface area contributed by atoms with E-state index in [4.69, 9.17) is 4.42 Å². The number of nitrogens with zero attached hydrogens (tertiary/aromatic N) is 2. The monoisotopic (exact) mass is 451 g/mol. The number of nitro benzene ring substituents is 1. The number of hydrogen-bond donors (Lipinski definition) is 1. The molecule has 29 heavy (non-hydrogen) atoms. The van der Waals surface area contributed by atoms with Crippen LogP contribution in [0.1, 0.15) is 15.9 Å². The fourth-order valence-electron chi connectivity index (χ4n) is 2.88. The Kier molecular flexibility index (Phi) is 4.85. The molecule has 8 heteroatoms. The molecule has 1 heterocycles. The SMILES string of the molecule is Cc1ccc(-c2nc3ccccc3o2)cc1NC(=O)c1cc([N+](=O)[O-])ccc1Br. The zero-order chi connectivity index (χ0) is 20.5. The van der Waals surface area contributed by atoms with E-state index in [1.165, 1.54) is 18.2 Å². The number of fused-ring (bicyclic) bond motifs is 1. The van der Waals surface area contributed by atoms with Crippen LogP contribution in [-0.4, -0.2) is 15.8 Å². The average Bonchev–Trinajstić information content (AvgIpc) is 3.14. The molecule has 1 amide bonds. The third kappa shape index (κ3) is 3.74. The molecule has 3 aromatic carbocycles. The minimum absolute atomic E-state index is 0.157. The van der Waals surface area contributed by atoms with Crippen molar-refractivity contribution in [3.8, 4) is 11.5 Å². The van der Waals surface area contributed by atoms with Gasteiger partial charge in [0.15, 0.2) is 5.58 Å². The molecule has 0 aliphatic rings. The summed E-state index contributed by atoms with van der Waals surface area (Å²) in [6.07, 6.45) is 0. The van der Waals surface area contributed by atoms with Gasteiger partial charge in [-0.3, -0.25) is 14.9 Å². The van der Waals surface area contributed by atoms with Gasteiger partial charge in [-0.1, -0.05) is 18.2 Å². The Morgan fingerprint density at radius 3 is 2.69 bits per heavy atom. The molecule has 4 rings (SSSR count). The number of oxazole rings is 1. The van der Waals surface area contributed by atoms with Crippen molar-refractivity contribution in [2.75, 3.05) is 5.32 Å². The zero-order valence-electron chi connectivity index (χ0n) is 15.2. The highest BCUT2D eigenvalue weighted by atomic mass is 79.9. The summed E-state index contributed by atoms with van der Waals surface area (Å²) in [5.74, 6) is -0.0170. The normalized spacial score (nSPS) is 10.8. The van der Waals surface area contributed by atoms with Gasteiger partial charge in [0.1, 0.15) is 5.52 Å². The number of benzene rings is 3. The van der Waals surface area contributed by atoms with Gasteiger partial charge in [-0.05, 0) is 58.7 Å². The summed E-state index contributed by atoms with van der Waals surface area (Å²) in [6.45, 7) is 1.86. The summed E-state index contributed by atoms with van der Waals surface area (Å²) in [7, 11) is 0. The molecule has 1 aromatic heterocycles. The molecule has 0 saturated carbocycles. The van der Waals surface area contributed by atoms with Crippen molar-refractivity contribution in [2.24, 2.45) is 0 Å². The molecule has 0 radical (unpaired) electrons. The predicted octanol–water partition coefficient (Wildman–Crippen LogP) is 5.73. The second-order valence-electron chi connectivity index (χ2n) is 6.39. The van der Waals surface area contributed by atoms with E-state index in [1.807, 2.05) is 43.3 Å². The van der Waals surface area contributed by atoms with Crippen LogP contribution in [0.25, 0.3) is 22.6 Å². The number of anilines is 1. The molecular weight excluding hydrogens is 438 g/mol. The van der Waals surface area contributed by atoms with Gasteiger partial charge in [-0.25, -0.2) is 4.98 Å². The second-order valence-corrected chi connectivity index (χ2v) is 7.25. The van der Waals surface area contributed by atoms with E-state index in [-0.39, 0.29) is 11.3 Å². The number of aryl methyl sites for hydroxylation is 1. The van der Waals surface area contributed by atoms with Crippen LogP contribution in [0.3, 0.4) is 0 Å². The van der Waals surface area contributed by atoms with Crippen LogP contribution in [0.2, 0.25) is 0 Å². The Balaban J connectivity index is 1.67. The first-order chi connectivity index (χ1) is 13.9. The number of carbonyl (C=O) groups excluding carboxylic acids is 1. The lowest BCUT2D eigenvalue weighted by Gasteiger charge is -2.10. The maximum Gasteiger partial charge on any atom is 0.270 e. The third-order valence-corrected chi connectivity index (χ3v) is 5.12. The number of hydrogen-bond acceptors (Lipinski definition) is 5. The molecule has 0 unspecified atom stereocenters. The summed E-state index contributed by atoms with van der Waals surface area (Å²) in [4.78, 5) is 27.7. The Labute approximate surface area is 173 Å². The highest BCUT2D eigenvalue weighted by Crippen LogP contribution is 2.29. The first-order valence-electron chi connectivity index (χ1n) is 8.64. The molecular formula is C21H14BrN3O4. The number of halogens is 1. The van der Waals surface area contributed by atoms with Crippen molar-refractivity contribution in [1.82, 2.24) is 4.98 Å². The highest BCUT2D eigenvalue weighted by Gasteiger charge is 2.17. The molecule has 0 bridgehead atoms. The second kappa shape index (κ2) is 7.48. The van der Waals surface area contributed by atoms with Gasteiger partial charge < -0.3 is 9.73 Å². The number of aromatic nitrogens is 1. The van der Waals surface area contributed by atoms with Crippen molar-refractivity contribution in [2.45, 2.75) is 6.92 Å². The quantitative estimate of drug-likeness (QED) is 0.315. The van der Waals surface area contributed by atoms with E-state index in [0.717, 1.165) is 11.1 Å². The lowest BCUT2D eigenvalue weighted by Crippen LogP contribution is -2.14.